The molecule has 0 atom stereocenters. The molecule has 0 spiro atoms. The first kappa shape index (κ1) is 20.9. The number of para-hydroxylation sites is 1. The summed E-state index contributed by atoms with van der Waals surface area (Å²) in [5, 5.41) is 4.41. The first-order valence-corrected chi connectivity index (χ1v) is 10.9. The van der Waals surface area contributed by atoms with Gasteiger partial charge in [0.15, 0.2) is 17.3 Å². The van der Waals surface area contributed by atoms with E-state index in [0.717, 1.165) is 17.5 Å². The second kappa shape index (κ2) is 9.18. The lowest BCUT2D eigenvalue weighted by Crippen LogP contribution is -2.23. The number of ether oxygens (including phenoxy) is 3. The van der Waals surface area contributed by atoms with Crippen LogP contribution in [0.25, 0.3) is 22.4 Å². The predicted octanol–water partition coefficient (Wildman–Crippen LogP) is 3.56. The van der Waals surface area contributed by atoms with Crippen LogP contribution >= 0.6 is 11.3 Å². The van der Waals surface area contributed by atoms with Crippen LogP contribution in [0.15, 0.2) is 47.3 Å². The van der Waals surface area contributed by atoms with Gasteiger partial charge in [0.1, 0.15) is 5.75 Å². The Morgan fingerprint density at radius 3 is 2.65 bits per heavy atom. The number of nitrogens with zero attached hydrogens (tertiary/aromatic N) is 3. The van der Waals surface area contributed by atoms with Crippen molar-refractivity contribution in [3.8, 4) is 28.6 Å². The minimum Gasteiger partial charge on any atom is -0.496 e. The zero-order valence-corrected chi connectivity index (χ0v) is 18.4. The van der Waals surface area contributed by atoms with Crippen molar-refractivity contribution < 1.29 is 14.2 Å². The van der Waals surface area contributed by atoms with Crippen molar-refractivity contribution in [2.75, 3.05) is 20.3 Å². The van der Waals surface area contributed by atoms with Crippen LogP contribution in [0.4, 0.5) is 0 Å². The van der Waals surface area contributed by atoms with Gasteiger partial charge in [-0.05, 0) is 49.2 Å². The van der Waals surface area contributed by atoms with Gasteiger partial charge in [-0.2, -0.15) is 9.50 Å². The van der Waals surface area contributed by atoms with E-state index in [4.69, 9.17) is 14.2 Å². The Bertz CT molecular complexity index is 1310. The highest BCUT2D eigenvalue weighted by Gasteiger charge is 2.15. The molecule has 7 nitrogen and oxygen atoms in total. The summed E-state index contributed by atoms with van der Waals surface area (Å²) < 4.78 is 18.7. The normalized spacial score (nSPS) is 11.8. The summed E-state index contributed by atoms with van der Waals surface area (Å²) in [6, 6.07) is 13.1. The summed E-state index contributed by atoms with van der Waals surface area (Å²) in [7, 11) is 1.60. The Balaban J connectivity index is 1.72. The van der Waals surface area contributed by atoms with Crippen molar-refractivity contribution in [2.24, 2.45) is 0 Å². The maximum absolute atomic E-state index is 12.9. The molecular weight excluding hydrogens is 414 g/mol. The second-order valence-electron chi connectivity index (χ2n) is 6.73. The molecule has 2 aromatic heterocycles. The third kappa shape index (κ3) is 4.25. The fourth-order valence-electron chi connectivity index (χ4n) is 3.14. The highest BCUT2D eigenvalue weighted by molar-refractivity contribution is 7.15. The molecule has 0 fully saturated rings. The van der Waals surface area contributed by atoms with Gasteiger partial charge in [0.25, 0.3) is 5.56 Å². The quantitative estimate of drug-likeness (QED) is 0.420. The first-order valence-electron chi connectivity index (χ1n) is 10.1. The van der Waals surface area contributed by atoms with Crippen molar-refractivity contribution >= 4 is 22.4 Å². The zero-order valence-electron chi connectivity index (χ0n) is 17.6. The Labute approximate surface area is 183 Å². The Morgan fingerprint density at radius 2 is 1.90 bits per heavy atom. The molecule has 0 unspecified atom stereocenters. The van der Waals surface area contributed by atoms with Crippen LogP contribution in [-0.4, -0.2) is 34.9 Å². The van der Waals surface area contributed by atoms with Crippen molar-refractivity contribution in [2.45, 2.75) is 20.3 Å². The van der Waals surface area contributed by atoms with Gasteiger partial charge in [0.05, 0.1) is 30.4 Å². The molecule has 4 rings (SSSR count). The van der Waals surface area contributed by atoms with Gasteiger partial charge in [-0.1, -0.05) is 36.5 Å². The number of methoxy groups -OCH3 is 1. The standard InChI is InChI=1S/C23H23N3O4S/c1-4-12-30-18-11-10-15(13-19(18)29-5-2)14-20-22(27)26-23(31-20)24-21(25-26)16-8-6-7-9-17(16)28-3/h6-11,13-14H,4-5,12H2,1-3H3. The maximum atomic E-state index is 12.9. The number of thiazole rings is 1. The summed E-state index contributed by atoms with van der Waals surface area (Å²) in [5.41, 5.74) is 1.38. The molecule has 2 aromatic carbocycles. The first-order chi connectivity index (χ1) is 15.1. The number of benzene rings is 2. The van der Waals surface area contributed by atoms with Gasteiger partial charge >= 0.3 is 0 Å². The topological polar surface area (TPSA) is 75.0 Å². The van der Waals surface area contributed by atoms with Crippen LogP contribution in [-0.2, 0) is 0 Å². The molecule has 0 amide bonds. The molecule has 31 heavy (non-hydrogen) atoms. The molecule has 0 radical (unpaired) electrons. The number of hydrogen-bond acceptors (Lipinski definition) is 7. The molecule has 0 aliphatic heterocycles. The van der Waals surface area contributed by atoms with Crippen LogP contribution in [0, 0.1) is 0 Å². The van der Waals surface area contributed by atoms with E-state index < -0.39 is 0 Å². The van der Waals surface area contributed by atoms with E-state index in [-0.39, 0.29) is 5.56 Å². The van der Waals surface area contributed by atoms with E-state index in [1.807, 2.05) is 55.5 Å². The van der Waals surface area contributed by atoms with E-state index in [1.165, 1.54) is 15.9 Å². The van der Waals surface area contributed by atoms with E-state index in [9.17, 15) is 4.79 Å². The van der Waals surface area contributed by atoms with Crippen molar-refractivity contribution in [1.29, 1.82) is 0 Å². The molecule has 8 heteroatoms. The highest BCUT2D eigenvalue weighted by atomic mass is 32.1. The van der Waals surface area contributed by atoms with Gasteiger partial charge in [0.2, 0.25) is 4.96 Å². The van der Waals surface area contributed by atoms with Crippen LogP contribution < -0.4 is 24.3 Å². The van der Waals surface area contributed by atoms with Crippen LogP contribution in [0.2, 0.25) is 0 Å². The second-order valence-corrected chi connectivity index (χ2v) is 7.74. The summed E-state index contributed by atoms with van der Waals surface area (Å²) in [5.74, 6) is 2.49. The molecule has 0 saturated heterocycles. The van der Waals surface area contributed by atoms with E-state index in [0.29, 0.717) is 45.8 Å². The summed E-state index contributed by atoms with van der Waals surface area (Å²) >= 11 is 1.29. The molecule has 0 aliphatic rings. The minimum atomic E-state index is -0.210. The third-order valence-electron chi connectivity index (χ3n) is 4.56. The molecule has 0 bridgehead atoms. The number of aromatic nitrogens is 3. The van der Waals surface area contributed by atoms with Crippen molar-refractivity contribution in [3.05, 3.63) is 62.9 Å². The van der Waals surface area contributed by atoms with Crippen LogP contribution in [0.1, 0.15) is 25.8 Å². The SMILES string of the molecule is CCCOc1ccc(C=c2sc3nc(-c4ccccc4OC)nn3c2=O)cc1OCC. The smallest absolute Gasteiger partial charge is 0.291 e. The zero-order chi connectivity index (χ0) is 21.8. The van der Waals surface area contributed by atoms with Crippen LogP contribution in [0.3, 0.4) is 0 Å². The molecule has 0 N–H and O–H groups in total. The average molecular weight is 438 g/mol. The molecule has 0 saturated carbocycles. The fourth-order valence-corrected chi connectivity index (χ4v) is 4.05. The van der Waals surface area contributed by atoms with Crippen molar-refractivity contribution in [1.82, 2.24) is 14.6 Å². The van der Waals surface area contributed by atoms with Gasteiger partial charge in [0, 0.05) is 0 Å². The molecule has 0 aliphatic carbocycles. The minimum absolute atomic E-state index is 0.210. The van der Waals surface area contributed by atoms with Gasteiger partial charge < -0.3 is 14.2 Å². The Hall–Kier alpha value is -3.39. The van der Waals surface area contributed by atoms with Gasteiger partial charge in [-0.25, -0.2) is 0 Å². The number of fused-ring (bicyclic) bond motifs is 1. The fraction of sp³-hybridized carbons (Fsp3) is 0.261. The predicted molar refractivity (Wildman–Crippen MR) is 121 cm³/mol. The summed E-state index contributed by atoms with van der Waals surface area (Å²) in [4.78, 5) is 18.0. The lowest BCUT2D eigenvalue weighted by Gasteiger charge is -2.11. The molecule has 4 aromatic rings. The average Bonchev–Trinajstić information content (AvgIpc) is 3.32. The van der Waals surface area contributed by atoms with E-state index >= 15 is 0 Å². The summed E-state index contributed by atoms with van der Waals surface area (Å²) in [6.07, 6.45) is 2.73. The summed E-state index contributed by atoms with van der Waals surface area (Å²) in [6.45, 7) is 5.13. The van der Waals surface area contributed by atoms with Crippen LogP contribution in [0.5, 0.6) is 17.2 Å². The maximum Gasteiger partial charge on any atom is 0.291 e. The lowest BCUT2D eigenvalue weighted by atomic mass is 10.2. The Kier molecular flexibility index (Phi) is 6.18. The molecule has 2 heterocycles. The number of rotatable bonds is 8. The van der Waals surface area contributed by atoms with Crippen molar-refractivity contribution in [3.63, 3.8) is 0 Å². The molecule has 160 valence electrons. The third-order valence-corrected chi connectivity index (χ3v) is 5.52. The van der Waals surface area contributed by atoms with Gasteiger partial charge in [-0.3, -0.25) is 4.79 Å². The molecular formula is C23H23N3O4S. The largest absolute Gasteiger partial charge is 0.496 e. The van der Waals surface area contributed by atoms with Gasteiger partial charge in [-0.15, -0.1) is 5.10 Å². The van der Waals surface area contributed by atoms with E-state index in [1.54, 1.807) is 7.11 Å². The highest BCUT2D eigenvalue weighted by Crippen LogP contribution is 2.29. The number of hydrogen-bond donors (Lipinski definition) is 0. The Morgan fingerprint density at radius 1 is 1.06 bits per heavy atom. The monoisotopic (exact) mass is 437 g/mol. The lowest BCUT2D eigenvalue weighted by molar-refractivity contribution is 0.277. The van der Waals surface area contributed by atoms with E-state index in [2.05, 4.69) is 17.0 Å².